The van der Waals surface area contributed by atoms with E-state index in [-0.39, 0.29) is 5.56 Å². The Bertz CT molecular complexity index is 1110. The van der Waals surface area contributed by atoms with Gasteiger partial charge in [0.2, 0.25) is 0 Å². The Morgan fingerprint density at radius 2 is 1.88 bits per heavy atom. The number of hydrogen-bond acceptors (Lipinski definition) is 4. The smallest absolute Gasteiger partial charge is 0.349 e. The number of nitrogens with one attached hydrogen (secondary N) is 1. The lowest BCUT2D eigenvalue weighted by atomic mass is 10.1. The van der Waals surface area contributed by atoms with Crippen LogP contribution in [0.1, 0.15) is 10.4 Å². The molecule has 122 valence electrons. The van der Waals surface area contributed by atoms with Crippen molar-refractivity contribution in [1.82, 2.24) is 9.55 Å². The Hall–Kier alpha value is -3.67. The highest BCUT2D eigenvalue weighted by atomic mass is 16.4. The van der Waals surface area contributed by atoms with Gasteiger partial charge in [0.05, 0.1) is 17.7 Å². The summed E-state index contributed by atoms with van der Waals surface area (Å²) in [4.78, 5) is 28.8. The van der Waals surface area contributed by atoms with Gasteiger partial charge in [-0.2, -0.15) is 0 Å². The van der Waals surface area contributed by atoms with Crippen LogP contribution in [0.2, 0.25) is 0 Å². The van der Waals surface area contributed by atoms with Gasteiger partial charge < -0.3 is 14.3 Å². The summed E-state index contributed by atoms with van der Waals surface area (Å²) in [5.41, 5.74) is 1.05. The van der Waals surface area contributed by atoms with Gasteiger partial charge in [-0.05, 0) is 24.3 Å². The van der Waals surface area contributed by atoms with Crippen LogP contribution >= 0.6 is 0 Å². The highest BCUT2D eigenvalue weighted by Crippen LogP contribution is 2.20. The van der Waals surface area contributed by atoms with Crippen LogP contribution in [-0.2, 0) is 0 Å². The normalized spacial score (nSPS) is 10.7. The minimum absolute atomic E-state index is 0.0425. The minimum Gasteiger partial charge on any atom is -0.422 e. The van der Waals surface area contributed by atoms with Crippen molar-refractivity contribution in [2.75, 3.05) is 5.32 Å². The van der Waals surface area contributed by atoms with E-state index in [0.29, 0.717) is 16.7 Å². The Kier molecular flexibility index (Phi) is 3.63. The maximum absolute atomic E-state index is 12.6. The van der Waals surface area contributed by atoms with Crippen molar-refractivity contribution in [2.24, 2.45) is 0 Å². The Morgan fingerprint density at radius 3 is 2.72 bits per heavy atom. The molecule has 6 heteroatoms. The number of carbonyl (C=O) groups is 1. The molecule has 0 bridgehead atoms. The van der Waals surface area contributed by atoms with E-state index >= 15 is 0 Å². The zero-order valence-electron chi connectivity index (χ0n) is 13.0. The number of imidazole rings is 1. The van der Waals surface area contributed by atoms with Crippen molar-refractivity contribution in [3.63, 3.8) is 0 Å². The average molecular weight is 331 g/mol. The summed E-state index contributed by atoms with van der Waals surface area (Å²) in [6.45, 7) is 0. The molecule has 0 aliphatic carbocycles. The molecule has 2 aromatic carbocycles. The van der Waals surface area contributed by atoms with E-state index in [1.54, 1.807) is 53.6 Å². The SMILES string of the molecule is O=C(Nc1ccccc1-n1ccnc1)c1cc2ccccc2oc1=O. The molecule has 2 heterocycles. The van der Waals surface area contributed by atoms with E-state index in [2.05, 4.69) is 10.3 Å². The highest BCUT2D eigenvalue weighted by molar-refractivity contribution is 6.06. The number of benzene rings is 2. The molecule has 2 aromatic heterocycles. The molecule has 4 rings (SSSR count). The van der Waals surface area contributed by atoms with E-state index in [0.717, 1.165) is 5.69 Å². The second kappa shape index (κ2) is 6.09. The molecule has 0 fully saturated rings. The fourth-order valence-electron chi connectivity index (χ4n) is 2.62. The number of amides is 1. The Labute approximate surface area is 142 Å². The van der Waals surface area contributed by atoms with Crippen molar-refractivity contribution in [3.05, 3.63) is 89.3 Å². The number of nitrogens with zero attached hydrogens (tertiary/aromatic N) is 2. The van der Waals surface area contributed by atoms with Crippen LogP contribution in [0.15, 0.2) is 82.5 Å². The van der Waals surface area contributed by atoms with E-state index in [4.69, 9.17) is 4.42 Å². The molecule has 6 nitrogen and oxygen atoms in total. The van der Waals surface area contributed by atoms with Crippen LogP contribution in [0.3, 0.4) is 0 Å². The van der Waals surface area contributed by atoms with Crippen LogP contribution in [0.25, 0.3) is 16.7 Å². The van der Waals surface area contributed by atoms with Gasteiger partial charge >= 0.3 is 5.63 Å². The molecular weight excluding hydrogens is 318 g/mol. The van der Waals surface area contributed by atoms with Crippen LogP contribution < -0.4 is 10.9 Å². The molecule has 0 spiro atoms. The number of rotatable bonds is 3. The summed E-state index contributed by atoms with van der Waals surface area (Å²) in [7, 11) is 0. The molecule has 0 aliphatic heterocycles. The van der Waals surface area contributed by atoms with E-state index in [1.807, 2.05) is 18.2 Å². The molecule has 1 amide bonds. The number of hydrogen-bond donors (Lipinski definition) is 1. The quantitative estimate of drug-likeness (QED) is 0.585. The van der Waals surface area contributed by atoms with Crippen molar-refractivity contribution in [2.45, 2.75) is 0 Å². The first-order chi connectivity index (χ1) is 12.2. The van der Waals surface area contributed by atoms with Gasteiger partial charge in [0.15, 0.2) is 0 Å². The first-order valence-corrected chi connectivity index (χ1v) is 7.64. The van der Waals surface area contributed by atoms with Gasteiger partial charge in [-0.25, -0.2) is 9.78 Å². The first-order valence-electron chi connectivity index (χ1n) is 7.64. The van der Waals surface area contributed by atoms with Gasteiger partial charge in [-0.1, -0.05) is 30.3 Å². The number of anilines is 1. The summed E-state index contributed by atoms with van der Waals surface area (Å²) < 4.78 is 7.00. The molecule has 0 atom stereocenters. The molecule has 0 radical (unpaired) electrons. The van der Waals surface area contributed by atoms with E-state index in [9.17, 15) is 9.59 Å². The predicted molar refractivity (Wildman–Crippen MR) is 94.0 cm³/mol. The van der Waals surface area contributed by atoms with E-state index in [1.165, 1.54) is 6.07 Å². The van der Waals surface area contributed by atoms with Gasteiger partial charge in [0, 0.05) is 17.8 Å². The van der Waals surface area contributed by atoms with Gasteiger partial charge in [0.1, 0.15) is 11.1 Å². The lowest BCUT2D eigenvalue weighted by molar-refractivity contribution is 0.102. The molecule has 4 aromatic rings. The summed E-state index contributed by atoms with van der Waals surface area (Å²) in [5.74, 6) is -0.521. The fraction of sp³-hybridized carbons (Fsp3) is 0. The minimum atomic E-state index is -0.670. The molecule has 0 saturated heterocycles. The van der Waals surface area contributed by atoms with Crippen LogP contribution in [0, 0.1) is 0 Å². The zero-order valence-corrected chi connectivity index (χ0v) is 13.0. The van der Waals surface area contributed by atoms with Crippen molar-refractivity contribution < 1.29 is 9.21 Å². The second-order valence-electron chi connectivity index (χ2n) is 5.43. The summed E-state index contributed by atoms with van der Waals surface area (Å²) in [5, 5.41) is 3.46. The molecule has 1 N–H and O–H groups in total. The lowest BCUT2D eigenvalue weighted by Crippen LogP contribution is -2.21. The van der Waals surface area contributed by atoms with Gasteiger partial charge in [-0.15, -0.1) is 0 Å². The maximum atomic E-state index is 12.6. The molecule has 25 heavy (non-hydrogen) atoms. The number of carbonyl (C=O) groups excluding carboxylic acids is 1. The van der Waals surface area contributed by atoms with Gasteiger partial charge in [0.25, 0.3) is 5.91 Å². The van der Waals surface area contributed by atoms with Crippen LogP contribution in [-0.4, -0.2) is 15.5 Å². The van der Waals surface area contributed by atoms with Crippen molar-refractivity contribution in [3.8, 4) is 5.69 Å². The highest BCUT2D eigenvalue weighted by Gasteiger charge is 2.15. The standard InChI is InChI=1S/C19H13N3O3/c23-18(14-11-13-5-1-4-8-17(13)25-19(14)24)21-15-6-2-3-7-16(15)22-10-9-20-12-22/h1-12H,(H,21,23). The first kappa shape index (κ1) is 14.9. The monoisotopic (exact) mass is 331 g/mol. The van der Waals surface area contributed by atoms with Gasteiger partial charge in [-0.3, -0.25) is 4.79 Å². The van der Waals surface area contributed by atoms with Crippen molar-refractivity contribution >= 4 is 22.6 Å². The lowest BCUT2D eigenvalue weighted by Gasteiger charge is -2.11. The Morgan fingerprint density at radius 1 is 1.08 bits per heavy atom. The topological polar surface area (TPSA) is 77.1 Å². The second-order valence-corrected chi connectivity index (χ2v) is 5.43. The van der Waals surface area contributed by atoms with Crippen molar-refractivity contribution in [1.29, 1.82) is 0 Å². The summed E-state index contributed by atoms with van der Waals surface area (Å²) in [6.07, 6.45) is 5.06. The largest absolute Gasteiger partial charge is 0.422 e. The van der Waals surface area contributed by atoms with Crippen LogP contribution in [0.4, 0.5) is 5.69 Å². The third kappa shape index (κ3) is 2.81. The molecule has 0 aliphatic rings. The number of aromatic nitrogens is 2. The number of para-hydroxylation sites is 3. The average Bonchev–Trinajstić information content (AvgIpc) is 3.16. The third-order valence-corrected chi connectivity index (χ3v) is 3.82. The zero-order chi connectivity index (χ0) is 17.2. The third-order valence-electron chi connectivity index (χ3n) is 3.82. The summed E-state index contributed by atoms with van der Waals surface area (Å²) >= 11 is 0. The molecule has 0 saturated carbocycles. The summed E-state index contributed by atoms with van der Waals surface area (Å²) in [6, 6.07) is 15.9. The van der Waals surface area contributed by atoms with Crippen LogP contribution in [0.5, 0.6) is 0 Å². The molecular formula is C19H13N3O3. The number of fused-ring (bicyclic) bond motifs is 1. The maximum Gasteiger partial charge on any atom is 0.349 e. The predicted octanol–water partition coefficient (Wildman–Crippen LogP) is 3.23. The van der Waals surface area contributed by atoms with E-state index < -0.39 is 11.5 Å². The Balaban J connectivity index is 1.72. The fourth-order valence-corrected chi connectivity index (χ4v) is 2.62. The molecule has 0 unspecified atom stereocenters.